The standard InChI is InChI=1S/C10H21NO3S2/c1-9-10(2)15-7-5-11(9)16(13,14)8-4-3-6-12/h9-10,12H,3-8H2,1-2H3. The van der Waals surface area contributed by atoms with E-state index in [1.165, 1.54) is 0 Å². The van der Waals surface area contributed by atoms with Crippen molar-refractivity contribution >= 4 is 21.8 Å². The summed E-state index contributed by atoms with van der Waals surface area (Å²) in [6.45, 7) is 4.74. The van der Waals surface area contributed by atoms with Gasteiger partial charge in [-0.1, -0.05) is 6.92 Å². The molecule has 0 bridgehead atoms. The minimum atomic E-state index is -3.13. The molecule has 1 fully saturated rings. The van der Waals surface area contributed by atoms with E-state index in [-0.39, 0.29) is 18.4 Å². The Morgan fingerprint density at radius 1 is 1.38 bits per heavy atom. The van der Waals surface area contributed by atoms with Crippen molar-refractivity contribution in [2.24, 2.45) is 0 Å². The van der Waals surface area contributed by atoms with Crippen molar-refractivity contribution < 1.29 is 13.5 Å². The Bertz CT molecular complexity index is 305. The smallest absolute Gasteiger partial charge is 0.214 e. The number of rotatable bonds is 5. The van der Waals surface area contributed by atoms with Crippen LogP contribution in [0, 0.1) is 0 Å². The summed E-state index contributed by atoms with van der Waals surface area (Å²) in [4.78, 5) is 0. The van der Waals surface area contributed by atoms with E-state index in [0.717, 1.165) is 5.75 Å². The molecule has 0 aromatic rings. The average molecular weight is 267 g/mol. The first-order chi connectivity index (χ1) is 7.49. The number of aliphatic hydroxyl groups is 1. The van der Waals surface area contributed by atoms with E-state index in [4.69, 9.17) is 5.11 Å². The lowest BCUT2D eigenvalue weighted by atomic mass is 10.2. The van der Waals surface area contributed by atoms with Crippen LogP contribution in [-0.2, 0) is 10.0 Å². The van der Waals surface area contributed by atoms with Gasteiger partial charge in [0.25, 0.3) is 0 Å². The van der Waals surface area contributed by atoms with E-state index in [1.54, 1.807) is 4.31 Å². The Morgan fingerprint density at radius 3 is 2.69 bits per heavy atom. The molecule has 16 heavy (non-hydrogen) atoms. The monoisotopic (exact) mass is 267 g/mol. The SMILES string of the molecule is CC1SCCN(S(=O)(=O)CCCCO)C1C. The van der Waals surface area contributed by atoms with Gasteiger partial charge in [0.1, 0.15) is 0 Å². The van der Waals surface area contributed by atoms with Gasteiger partial charge in [0, 0.05) is 30.2 Å². The van der Waals surface area contributed by atoms with E-state index >= 15 is 0 Å². The lowest BCUT2D eigenvalue weighted by Crippen LogP contribution is -2.48. The molecule has 96 valence electrons. The highest BCUT2D eigenvalue weighted by Gasteiger charge is 2.33. The number of hydrogen-bond acceptors (Lipinski definition) is 4. The molecule has 2 unspecified atom stereocenters. The van der Waals surface area contributed by atoms with Crippen molar-refractivity contribution in [1.82, 2.24) is 4.31 Å². The lowest BCUT2D eigenvalue weighted by molar-refractivity contribution is 0.286. The summed E-state index contributed by atoms with van der Waals surface area (Å²) >= 11 is 1.83. The summed E-state index contributed by atoms with van der Waals surface area (Å²) in [6.07, 6.45) is 1.11. The number of unbranched alkanes of at least 4 members (excludes halogenated alkanes) is 1. The maximum Gasteiger partial charge on any atom is 0.214 e. The van der Waals surface area contributed by atoms with E-state index in [0.29, 0.717) is 24.6 Å². The van der Waals surface area contributed by atoms with Gasteiger partial charge >= 0.3 is 0 Å². The second kappa shape index (κ2) is 6.23. The number of nitrogens with zero attached hydrogens (tertiary/aromatic N) is 1. The lowest BCUT2D eigenvalue weighted by Gasteiger charge is -2.36. The van der Waals surface area contributed by atoms with Gasteiger partial charge < -0.3 is 5.11 Å². The van der Waals surface area contributed by atoms with Gasteiger partial charge in [-0.25, -0.2) is 8.42 Å². The Labute approximate surface area is 102 Å². The molecule has 0 aromatic carbocycles. The summed E-state index contributed by atoms with van der Waals surface area (Å²) in [5.41, 5.74) is 0. The quantitative estimate of drug-likeness (QED) is 0.752. The highest BCUT2D eigenvalue weighted by molar-refractivity contribution is 8.00. The van der Waals surface area contributed by atoms with E-state index < -0.39 is 10.0 Å². The first-order valence-corrected chi connectivity index (χ1v) is 8.37. The number of thioether (sulfide) groups is 1. The fourth-order valence-corrected chi connectivity index (χ4v) is 4.97. The Kier molecular flexibility index (Phi) is 5.56. The van der Waals surface area contributed by atoms with Crippen molar-refractivity contribution in [2.75, 3.05) is 24.7 Å². The third-order valence-corrected chi connectivity index (χ3v) is 6.37. The van der Waals surface area contributed by atoms with E-state index in [2.05, 4.69) is 6.92 Å². The highest BCUT2D eigenvalue weighted by Crippen LogP contribution is 2.26. The molecule has 0 amide bonds. The maximum absolute atomic E-state index is 12.1. The molecule has 0 radical (unpaired) electrons. The normalized spacial score (nSPS) is 28.2. The van der Waals surface area contributed by atoms with Gasteiger partial charge in [0.15, 0.2) is 0 Å². The van der Waals surface area contributed by atoms with Crippen molar-refractivity contribution in [1.29, 1.82) is 0 Å². The highest BCUT2D eigenvalue weighted by atomic mass is 32.2. The molecule has 1 aliphatic heterocycles. The minimum Gasteiger partial charge on any atom is -0.396 e. The predicted octanol–water partition coefficient (Wildman–Crippen LogP) is 0.914. The Morgan fingerprint density at radius 2 is 2.06 bits per heavy atom. The van der Waals surface area contributed by atoms with Gasteiger partial charge in [0.05, 0.1) is 5.75 Å². The zero-order chi connectivity index (χ0) is 12.2. The number of hydrogen-bond donors (Lipinski definition) is 1. The van der Waals surface area contributed by atoms with Crippen molar-refractivity contribution in [3.05, 3.63) is 0 Å². The van der Waals surface area contributed by atoms with Gasteiger partial charge in [-0.2, -0.15) is 16.1 Å². The Hall–Kier alpha value is 0.220. The van der Waals surface area contributed by atoms with Gasteiger partial charge in [-0.3, -0.25) is 0 Å². The largest absolute Gasteiger partial charge is 0.396 e. The molecule has 0 spiro atoms. The summed E-state index contributed by atoms with van der Waals surface area (Å²) in [5, 5.41) is 9.02. The predicted molar refractivity (Wildman–Crippen MR) is 68.2 cm³/mol. The molecule has 1 N–H and O–H groups in total. The fourth-order valence-electron chi connectivity index (χ4n) is 1.81. The summed E-state index contributed by atoms with van der Waals surface area (Å²) in [6, 6.07) is 0.0814. The molecule has 1 heterocycles. The topological polar surface area (TPSA) is 57.6 Å². The number of sulfonamides is 1. The van der Waals surface area contributed by atoms with Crippen LogP contribution in [0.4, 0.5) is 0 Å². The summed E-state index contributed by atoms with van der Waals surface area (Å²) < 4.78 is 25.7. The van der Waals surface area contributed by atoms with Crippen LogP contribution in [-0.4, -0.2) is 53.8 Å². The molecular weight excluding hydrogens is 246 g/mol. The van der Waals surface area contributed by atoms with Crippen molar-refractivity contribution in [3.8, 4) is 0 Å². The van der Waals surface area contributed by atoms with Crippen LogP contribution in [0.3, 0.4) is 0 Å². The second-order valence-electron chi connectivity index (χ2n) is 4.17. The van der Waals surface area contributed by atoms with Crippen LogP contribution >= 0.6 is 11.8 Å². The molecular formula is C10H21NO3S2. The summed E-state index contributed by atoms with van der Waals surface area (Å²) in [7, 11) is -3.13. The first kappa shape index (κ1) is 14.3. The molecule has 1 rings (SSSR count). The van der Waals surface area contributed by atoms with Crippen molar-refractivity contribution in [3.63, 3.8) is 0 Å². The van der Waals surface area contributed by atoms with Crippen LogP contribution < -0.4 is 0 Å². The minimum absolute atomic E-state index is 0.0668. The van der Waals surface area contributed by atoms with Crippen LogP contribution in [0.5, 0.6) is 0 Å². The molecule has 1 saturated heterocycles. The molecule has 0 saturated carbocycles. The van der Waals surface area contributed by atoms with Crippen LogP contribution in [0.15, 0.2) is 0 Å². The molecule has 1 aliphatic rings. The zero-order valence-electron chi connectivity index (χ0n) is 9.92. The molecule has 0 aliphatic carbocycles. The Balaban J connectivity index is 2.59. The summed E-state index contributed by atoms with van der Waals surface area (Å²) in [5.74, 6) is 1.04. The third-order valence-electron chi connectivity index (χ3n) is 2.99. The third kappa shape index (κ3) is 3.61. The van der Waals surface area contributed by atoms with Gasteiger partial charge in [-0.15, -0.1) is 0 Å². The van der Waals surface area contributed by atoms with E-state index in [1.807, 2.05) is 18.7 Å². The van der Waals surface area contributed by atoms with Crippen LogP contribution in [0.2, 0.25) is 0 Å². The van der Waals surface area contributed by atoms with Gasteiger partial charge in [-0.05, 0) is 19.8 Å². The van der Waals surface area contributed by atoms with Gasteiger partial charge in [0.2, 0.25) is 10.0 Å². The maximum atomic E-state index is 12.1. The van der Waals surface area contributed by atoms with Crippen LogP contribution in [0.1, 0.15) is 26.7 Å². The van der Waals surface area contributed by atoms with Crippen LogP contribution in [0.25, 0.3) is 0 Å². The molecule has 6 heteroatoms. The fraction of sp³-hybridized carbons (Fsp3) is 1.00. The van der Waals surface area contributed by atoms with E-state index in [9.17, 15) is 8.42 Å². The second-order valence-corrected chi connectivity index (χ2v) is 7.70. The van der Waals surface area contributed by atoms with Crippen molar-refractivity contribution in [2.45, 2.75) is 38.0 Å². The molecule has 2 atom stereocenters. The number of aliphatic hydroxyl groups excluding tert-OH is 1. The molecule has 4 nitrogen and oxygen atoms in total. The first-order valence-electron chi connectivity index (χ1n) is 5.71. The zero-order valence-corrected chi connectivity index (χ0v) is 11.6. The molecule has 0 aromatic heterocycles. The average Bonchev–Trinajstić information content (AvgIpc) is 2.22.